The second kappa shape index (κ2) is 5.19. The topological polar surface area (TPSA) is 44.4 Å². The van der Waals surface area contributed by atoms with Gasteiger partial charge in [-0.15, -0.1) is 0 Å². The predicted octanol–water partition coefficient (Wildman–Crippen LogP) is -0.584. The van der Waals surface area contributed by atoms with Crippen LogP contribution in [0.25, 0.3) is 0 Å². The maximum absolute atomic E-state index is 11.7. The zero-order valence-corrected chi connectivity index (χ0v) is 8.47. The van der Waals surface area contributed by atoms with Gasteiger partial charge in [-0.05, 0) is 6.42 Å². The number of piperazine rings is 1. The second-order valence-electron chi connectivity index (χ2n) is 3.47. The number of rotatable bonds is 3. The van der Waals surface area contributed by atoms with E-state index in [9.17, 15) is 4.79 Å². The molecule has 0 aromatic carbocycles. The van der Waals surface area contributed by atoms with E-state index in [1.807, 2.05) is 7.05 Å². The number of likely N-dealkylation sites (N-methyl/N-ethyl adjacent to an activating group) is 1. The molecule has 4 nitrogen and oxygen atoms in total. The fraction of sp³-hybridized carbons (Fsp3) is 0.889. The Bertz CT molecular complexity index is 166. The lowest BCUT2D eigenvalue weighted by Crippen LogP contribution is -2.56. The summed E-state index contributed by atoms with van der Waals surface area (Å²) in [6.07, 6.45) is 1.02. The summed E-state index contributed by atoms with van der Waals surface area (Å²) in [5.74, 6) is 0.203. The molecule has 1 saturated heterocycles. The number of hydrogen-bond acceptors (Lipinski definition) is 3. The summed E-state index contributed by atoms with van der Waals surface area (Å²) >= 11 is 0. The van der Waals surface area contributed by atoms with Crippen LogP contribution < -0.4 is 10.6 Å². The molecule has 0 aliphatic carbocycles. The van der Waals surface area contributed by atoms with Crippen LogP contribution in [0.5, 0.6) is 0 Å². The second-order valence-corrected chi connectivity index (χ2v) is 3.47. The fourth-order valence-corrected chi connectivity index (χ4v) is 1.54. The van der Waals surface area contributed by atoms with Crippen LogP contribution in [0.2, 0.25) is 0 Å². The number of carbonyl (C=O) groups is 1. The molecule has 1 fully saturated rings. The van der Waals surface area contributed by atoms with E-state index in [1.165, 1.54) is 0 Å². The van der Waals surface area contributed by atoms with Crippen LogP contribution in [0, 0.1) is 0 Å². The summed E-state index contributed by atoms with van der Waals surface area (Å²) in [6.45, 7) is 5.53. The zero-order chi connectivity index (χ0) is 9.68. The molecule has 1 unspecified atom stereocenters. The monoisotopic (exact) mass is 185 g/mol. The standard InChI is InChI=1S/C9H19N3O/c1-3-6-12(2)9(13)8-7-10-4-5-11-8/h8,10-11H,3-7H2,1-2H3. The van der Waals surface area contributed by atoms with Gasteiger partial charge in [-0.2, -0.15) is 0 Å². The van der Waals surface area contributed by atoms with Crippen molar-refractivity contribution in [2.75, 3.05) is 33.2 Å². The molecule has 0 aromatic rings. The van der Waals surface area contributed by atoms with E-state index in [1.54, 1.807) is 4.90 Å². The van der Waals surface area contributed by atoms with Gasteiger partial charge in [-0.25, -0.2) is 0 Å². The minimum atomic E-state index is -0.0229. The maximum atomic E-state index is 11.7. The first-order valence-corrected chi connectivity index (χ1v) is 4.94. The molecule has 0 spiro atoms. The molecule has 1 atom stereocenters. The third-order valence-corrected chi connectivity index (χ3v) is 2.27. The van der Waals surface area contributed by atoms with Crippen molar-refractivity contribution < 1.29 is 4.79 Å². The van der Waals surface area contributed by atoms with E-state index in [4.69, 9.17) is 0 Å². The molecule has 0 bridgehead atoms. The van der Waals surface area contributed by atoms with E-state index in [0.29, 0.717) is 0 Å². The van der Waals surface area contributed by atoms with Crippen molar-refractivity contribution in [1.82, 2.24) is 15.5 Å². The molecule has 76 valence electrons. The van der Waals surface area contributed by atoms with Crippen LogP contribution in [0.3, 0.4) is 0 Å². The van der Waals surface area contributed by atoms with Crippen LogP contribution in [-0.4, -0.2) is 50.1 Å². The molecule has 1 heterocycles. The summed E-state index contributed by atoms with van der Waals surface area (Å²) in [6, 6.07) is -0.0229. The Kier molecular flexibility index (Phi) is 4.18. The normalized spacial score (nSPS) is 22.8. The van der Waals surface area contributed by atoms with Gasteiger partial charge in [0.15, 0.2) is 0 Å². The summed E-state index contributed by atoms with van der Waals surface area (Å²) in [4.78, 5) is 13.5. The molecular weight excluding hydrogens is 166 g/mol. The van der Waals surface area contributed by atoms with Crippen molar-refractivity contribution in [3.63, 3.8) is 0 Å². The summed E-state index contributed by atoms with van der Waals surface area (Å²) in [5.41, 5.74) is 0. The van der Waals surface area contributed by atoms with Crippen LogP contribution in [0.15, 0.2) is 0 Å². The molecule has 4 heteroatoms. The molecule has 0 radical (unpaired) electrons. The van der Waals surface area contributed by atoms with E-state index >= 15 is 0 Å². The van der Waals surface area contributed by atoms with E-state index in [-0.39, 0.29) is 11.9 Å². The third-order valence-electron chi connectivity index (χ3n) is 2.27. The first-order chi connectivity index (χ1) is 6.25. The van der Waals surface area contributed by atoms with Gasteiger partial charge in [0.25, 0.3) is 0 Å². The highest BCUT2D eigenvalue weighted by atomic mass is 16.2. The van der Waals surface area contributed by atoms with Crippen molar-refractivity contribution in [2.24, 2.45) is 0 Å². The summed E-state index contributed by atoms with van der Waals surface area (Å²) in [7, 11) is 1.86. The Labute approximate surface area is 79.7 Å². The van der Waals surface area contributed by atoms with Crippen molar-refractivity contribution in [1.29, 1.82) is 0 Å². The lowest BCUT2D eigenvalue weighted by atomic mass is 10.2. The van der Waals surface area contributed by atoms with Crippen molar-refractivity contribution in [3.8, 4) is 0 Å². The summed E-state index contributed by atoms with van der Waals surface area (Å²) < 4.78 is 0. The number of nitrogens with zero attached hydrogens (tertiary/aromatic N) is 1. The van der Waals surface area contributed by atoms with E-state index in [2.05, 4.69) is 17.6 Å². The Morgan fingerprint density at radius 3 is 2.85 bits per heavy atom. The lowest BCUT2D eigenvalue weighted by molar-refractivity contribution is -0.132. The van der Waals surface area contributed by atoms with Crippen molar-refractivity contribution in [2.45, 2.75) is 19.4 Å². The molecular formula is C9H19N3O. The number of amides is 1. The molecule has 1 amide bonds. The highest BCUT2D eigenvalue weighted by molar-refractivity contribution is 5.82. The minimum Gasteiger partial charge on any atom is -0.344 e. The average molecular weight is 185 g/mol. The van der Waals surface area contributed by atoms with Gasteiger partial charge in [0.2, 0.25) is 5.91 Å². The molecule has 1 aliphatic heterocycles. The van der Waals surface area contributed by atoms with Gasteiger partial charge in [0, 0.05) is 33.2 Å². The summed E-state index contributed by atoms with van der Waals surface area (Å²) in [5, 5.41) is 6.41. The number of carbonyl (C=O) groups excluding carboxylic acids is 1. The molecule has 1 rings (SSSR count). The van der Waals surface area contributed by atoms with E-state index in [0.717, 1.165) is 32.6 Å². The van der Waals surface area contributed by atoms with Gasteiger partial charge in [0.1, 0.15) is 0 Å². The van der Waals surface area contributed by atoms with Gasteiger partial charge in [-0.3, -0.25) is 4.79 Å². The number of hydrogen-bond donors (Lipinski definition) is 2. The third kappa shape index (κ3) is 2.97. The largest absolute Gasteiger partial charge is 0.344 e. The molecule has 0 saturated carbocycles. The first kappa shape index (κ1) is 10.5. The highest BCUT2D eigenvalue weighted by Gasteiger charge is 2.22. The fourth-order valence-electron chi connectivity index (χ4n) is 1.54. The van der Waals surface area contributed by atoms with Crippen molar-refractivity contribution in [3.05, 3.63) is 0 Å². The molecule has 0 aromatic heterocycles. The minimum absolute atomic E-state index is 0.0229. The smallest absolute Gasteiger partial charge is 0.240 e. The van der Waals surface area contributed by atoms with Gasteiger partial charge >= 0.3 is 0 Å². The maximum Gasteiger partial charge on any atom is 0.240 e. The Morgan fingerprint density at radius 1 is 1.54 bits per heavy atom. The number of nitrogens with one attached hydrogen (secondary N) is 2. The Balaban J connectivity index is 2.36. The van der Waals surface area contributed by atoms with Gasteiger partial charge in [-0.1, -0.05) is 6.92 Å². The van der Waals surface area contributed by atoms with Crippen LogP contribution in [-0.2, 0) is 4.79 Å². The lowest BCUT2D eigenvalue weighted by Gasteiger charge is -2.27. The average Bonchev–Trinajstić information content (AvgIpc) is 2.18. The van der Waals surface area contributed by atoms with Crippen LogP contribution in [0.1, 0.15) is 13.3 Å². The molecule has 1 aliphatic rings. The van der Waals surface area contributed by atoms with Crippen LogP contribution >= 0.6 is 0 Å². The SMILES string of the molecule is CCCN(C)C(=O)C1CNCCN1. The van der Waals surface area contributed by atoms with Gasteiger partial charge < -0.3 is 15.5 Å². The molecule has 2 N–H and O–H groups in total. The Hall–Kier alpha value is -0.610. The first-order valence-electron chi connectivity index (χ1n) is 4.94. The van der Waals surface area contributed by atoms with Crippen LogP contribution in [0.4, 0.5) is 0 Å². The predicted molar refractivity (Wildman–Crippen MR) is 52.6 cm³/mol. The quantitative estimate of drug-likeness (QED) is 0.618. The van der Waals surface area contributed by atoms with Gasteiger partial charge in [0.05, 0.1) is 6.04 Å². The van der Waals surface area contributed by atoms with E-state index < -0.39 is 0 Å². The van der Waals surface area contributed by atoms with Crippen molar-refractivity contribution >= 4 is 5.91 Å². The Morgan fingerprint density at radius 2 is 2.31 bits per heavy atom. The molecule has 13 heavy (non-hydrogen) atoms. The highest BCUT2D eigenvalue weighted by Crippen LogP contribution is 1.95. The zero-order valence-electron chi connectivity index (χ0n) is 8.47.